The molecule has 0 bridgehead atoms. The van der Waals surface area contributed by atoms with E-state index in [1.165, 1.54) is 0 Å². The zero-order valence-electron chi connectivity index (χ0n) is 15.3. The maximum absolute atomic E-state index is 12.5. The molecule has 1 heterocycles. The fourth-order valence-electron chi connectivity index (χ4n) is 3.70. The summed E-state index contributed by atoms with van der Waals surface area (Å²) in [5, 5.41) is 6.52. The predicted octanol–water partition coefficient (Wildman–Crippen LogP) is 3.54. The molecule has 4 nitrogen and oxygen atoms in total. The van der Waals surface area contributed by atoms with Crippen LogP contribution in [0.25, 0.3) is 0 Å². The number of carbonyl (C=O) groups is 1. The van der Waals surface area contributed by atoms with Gasteiger partial charge >= 0.3 is 0 Å². The highest BCUT2D eigenvalue weighted by molar-refractivity contribution is 5.85. The van der Waals surface area contributed by atoms with E-state index in [2.05, 4.69) is 24.5 Å². The van der Waals surface area contributed by atoms with E-state index in [1.54, 1.807) is 0 Å². The molecule has 2 aliphatic rings. The smallest absolute Gasteiger partial charge is 0.223 e. The molecule has 3 rings (SSSR count). The summed E-state index contributed by atoms with van der Waals surface area (Å²) in [7, 11) is 0. The van der Waals surface area contributed by atoms with Gasteiger partial charge in [0.15, 0.2) is 0 Å². The summed E-state index contributed by atoms with van der Waals surface area (Å²) in [5.74, 6) is 1.96. The standard InChI is InChI=1S/C20H30N2O2.ClH/c1-15(2)7-12-24-18-6-4-3-5-16(18)14-22-19(23)17-13-20(17)8-10-21-11-9-20;/h3-6,15,17,21H,7-14H2,1-2H3,(H,22,23);1H. The molecule has 1 saturated heterocycles. The monoisotopic (exact) mass is 366 g/mol. The molecule has 2 N–H and O–H groups in total. The summed E-state index contributed by atoms with van der Waals surface area (Å²) in [6.45, 7) is 7.78. The SMILES string of the molecule is CC(C)CCOc1ccccc1CNC(=O)C1CC12CCNCC2.Cl. The quantitative estimate of drug-likeness (QED) is 0.776. The first-order valence-electron chi connectivity index (χ1n) is 9.30. The van der Waals surface area contributed by atoms with Gasteiger partial charge in [-0.15, -0.1) is 12.4 Å². The molecule has 1 spiro atoms. The number of hydrogen-bond donors (Lipinski definition) is 2. The predicted molar refractivity (Wildman–Crippen MR) is 103 cm³/mol. The number of rotatable bonds is 7. The van der Waals surface area contributed by atoms with Crippen LogP contribution < -0.4 is 15.4 Å². The van der Waals surface area contributed by atoms with Gasteiger partial charge in [-0.2, -0.15) is 0 Å². The lowest BCUT2D eigenvalue weighted by molar-refractivity contribution is -0.123. The Morgan fingerprint density at radius 3 is 2.76 bits per heavy atom. The number of piperidine rings is 1. The fraction of sp³-hybridized carbons (Fsp3) is 0.650. The van der Waals surface area contributed by atoms with E-state index < -0.39 is 0 Å². The molecule has 5 heteroatoms. The van der Waals surface area contributed by atoms with Gasteiger partial charge in [-0.05, 0) is 56.2 Å². The van der Waals surface area contributed by atoms with Gasteiger partial charge in [-0.25, -0.2) is 0 Å². The molecular formula is C20H31ClN2O2. The topological polar surface area (TPSA) is 50.4 Å². The van der Waals surface area contributed by atoms with Crippen molar-refractivity contribution in [3.05, 3.63) is 29.8 Å². The summed E-state index contributed by atoms with van der Waals surface area (Å²) >= 11 is 0. The van der Waals surface area contributed by atoms with Crippen LogP contribution in [0.2, 0.25) is 0 Å². The van der Waals surface area contributed by atoms with Crippen LogP contribution in [0.3, 0.4) is 0 Å². The summed E-state index contributed by atoms with van der Waals surface area (Å²) in [5.41, 5.74) is 1.36. The van der Waals surface area contributed by atoms with Gasteiger partial charge in [0, 0.05) is 18.0 Å². The lowest BCUT2D eigenvalue weighted by atomic mass is 9.92. The molecule has 1 unspecified atom stereocenters. The van der Waals surface area contributed by atoms with Gasteiger partial charge in [0.1, 0.15) is 5.75 Å². The number of benzene rings is 1. The van der Waals surface area contributed by atoms with E-state index >= 15 is 0 Å². The number of para-hydroxylation sites is 1. The Kier molecular flexibility index (Phi) is 7.14. The first kappa shape index (κ1) is 20.1. The van der Waals surface area contributed by atoms with E-state index in [9.17, 15) is 4.79 Å². The Morgan fingerprint density at radius 2 is 2.04 bits per heavy atom. The number of hydrogen-bond acceptors (Lipinski definition) is 3. The van der Waals surface area contributed by atoms with E-state index in [0.717, 1.165) is 56.7 Å². The minimum atomic E-state index is 0. The summed E-state index contributed by atoms with van der Waals surface area (Å²) in [4.78, 5) is 12.5. The molecule has 1 aliphatic heterocycles. The molecule has 140 valence electrons. The van der Waals surface area contributed by atoms with Gasteiger partial charge in [-0.3, -0.25) is 4.79 Å². The molecular weight excluding hydrogens is 336 g/mol. The lowest BCUT2D eigenvalue weighted by Gasteiger charge is -2.23. The summed E-state index contributed by atoms with van der Waals surface area (Å²) in [6, 6.07) is 8.02. The Morgan fingerprint density at radius 1 is 1.32 bits per heavy atom. The van der Waals surface area contributed by atoms with Crippen LogP contribution in [0.15, 0.2) is 24.3 Å². The third-order valence-corrected chi connectivity index (χ3v) is 5.48. The molecule has 0 radical (unpaired) electrons. The van der Waals surface area contributed by atoms with Crippen LogP contribution in [0.5, 0.6) is 5.75 Å². The first-order chi connectivity index (χ1) is 11.6. The van der Waals surface area contributed by atoms with Crippen LogP contribution >= 0.6 is 12.4 Å². The molecule has 1 atom stereocenters. The Balaban J connectivity index is 0.00000225. The van der Waals surface area contributed by atoms with Crippen LogP contribution in [0.4, 0.5) is 0 Å². The zero-order chi connectivity index (χ0) is 17.0. The minimum absolute atomic E-state index is 0. The third-order valence-electron chi connectivity index (χ3n) is 5.48. The second kappa shape index (κ2) is 8.91. The molecule has 1 aliphatic carbocycles. The van der Waals surface area contributed by atoms with E-state index in [4.69, 9.17) is 4.74 Å². The number of halogens is 1. The molecule has 1 aromatic rings. The van der Waals surface area contributed by atoms with Crippen molar-refractivity contribution in [2.24, 2.45) is 17.3 Å². The van der Waals surface area contributed by atoms with Crippen molar-refractivity contribution in [1.29, 1.82) is 0 Å². The molecule has 2 fully saturated rings. The van der Waals surface area contributed by atoms with Crippen molar-refractivity contribution < 1.29 is 9.53 Å². The molecule has 0 aromatic heterocycles. The maximum Gasteiger partial charge on any atom is 0.223 e. The highest BCUT2D eigenvalue weighted by atomic mass is 35.5. The largest absolute Gasteiger partial charge is 0.493 e. The summed E-state index contributed by atoms with van der Waals surface area (Å²) < 4.78 is 5.91. The second-order valence-corrected chi connectivity index (χ2v) is 7.73. The number of nitrogens with one attached hydrogen (secondary N) is 2. The van der Waals surface area contributed by atoms with Gasteiger partial charge in [0.2, 0.25) is 5.91 Å². The van der Waals surface area contributed by atoms with E-state index in [1.807, 2.05) is 24.3 Å². The third kappa shape index (κ3) is 5.11. The van der Waals surface area contributed by atoms with Crippen molar-refractivity contribution in [3.63, 3.8) is 0 Å². The van der Waals surface area contributed by atoms with Crippen molar-refractivity contribution in [3.8, 4) is 5.75 Å². The number of amides is 1. The Labute approximate surface area is 157 Å². The molecule has 1 amide bonds. The molecule has 25 heavy (non-hydrogen) atoms. The number of carbonyl (C=O) groups excluding carboxylic acids is 1. The lowest BCUT2D eigenvalue weighted by Crippen LogP contribution is -2.33. The van der Waals surface area contributed by atoms with Gasteiger partial charge in [0.05, 0.1) is 6.61 Å². The maximum atomic E-state index is 12.5. The number of ether oxygens (including phenoxy) is 1. The van der Waals surface area contributed by atoms with E-state index in [-0.39, 0.29) is 24.2 Å². The average molecular weight is 367 g/mol. The van der Waals surface area contributed by atoms with Gasteiger partial charge < -0.3 is 15.4 Å². The van der Waals surface area contributed by atoms with Crippen LogP contribution in [0, 0.1) is 17.3 Å². The van der Waals surface area contributed by atoms with Crippen molar-refractivity contribution in [2.75, 3.05) is 19.7 Å². The van der Waals surface area contributed by atoms with Gasteiger partial charge in [0.25, 0.3) is 0 Å². The van der Waals surface area contributed by atoms with Crippen molar-refractivity contribution in [2.45, 2.75) is 46.1 Å². The fourth-order valence-corrected chi connectivity index (χ4v) is 3.70. The highest BCUT2D eigenvalue weighted by Gasteiger charge is 2.57. The van der Waals surface area contributed by atoms with Crippen LogP contribution in [-0.2, 0) is 11.3 Å². The van der Waals surface area contributed by atoms with Crippen LogP contribution in [0.1, 0.15) is 45.1 Å². The Bertz CT molecular complexity index is 571. The molecule has 1 aromatic carbocycles. The van der Waals surface area contributed by atoms with Crippen LogP contribution in [-0.4, -0.2) is 25.6 Å². The van der Waals surface area contributed by atoms with Gasteiger partial charge in [-0.1, -0.05) is 32.0 Å². The average Bonchev–Trinajstić information content (AvgIpc) is 3.27. The highest BCUT2D eigenvalue weighted by Crippen LogP contribution is 2.58. The van der Waals surface area contributed by atoms with E-state index in [0.29, 0.717) is 17.9 Å². The first-order valence-corrected chi connectivity index (χ1v) is 9.30. The van der Waals surface area contributed by atoms with Crippen molar-refractivity contribution >= 4 is 18.3 Å². The summed E-state index contributed by atoms with van der Waals surface area (Å²) in [6.07, 6.45) is 4.38. The minimum Gasteiger partial charge on any atom is -0.493 e. The second-order valence-electron chi connectivity index (χ2n) is 7.73. The van der Waals surface area contributed by atoms with Crippen molar-refractivity contribution in [1.82, 2.24) is 10.6 Å². The molecule has 1 saturated carbocycles. The normalized spacial score (nSPS) is 20.8. The zero-order valence-corrected chi connectivity index (χ0v) is 16.2. The Hall–Kier alpha value is -1.26.